The first-order valence-corrected chi connectivity index (χ1v) is 44.5. The van der Waals surface area contributed by atoms with Gasteiger partial charge in [-0.05, 0) is 37.5 Å². The molecule has 6 atom stereocenters. The summed E-state index contributed by atoms with van der Waals surface area (Å²) in [6, 6.07) is 0. The monoisotopic (exact) mass is 1450 g/mol. The number of carbonyl (C=O) groups excluding carboxylic acids is 4. The van der Waals surface area contributed by atoms with Crippen molar-refractivity contribution in [1.29, 1.82) is 0 Å². The molecular weight excluding hydrogens is 1290 g/mol. The fourth-order valence-corrected chi connectivity index (χ4v) is 13.9. The first kappa shape index (κ1) is 97.1. The van der Waals surface area contributed by atoms with Crippen LogP contribution in [0.2, 0.25) is 0 Å². The van der Waals surface area contributed by atoms with Gasteiger partial charge >= 0.3 is 39.5 Å². The summed E-state index contributed by atoms with van der Waals surface area (Å²) in [4.78, 5) is 72.8. The van der Waals surface area contributed by atoms with E-state index in [9.17, 15) is 43.2 Å². The predicted molar refractivity (Wildman–Crippen MR) is 405 cm³/mol. The number of phosphoric ester groups is 2. The maximum atomic E-state index is 13.1. The molecule has 588 valence electrons. The molecule has 3 N–H and O–H groups in total. The Balaban J connectivity index is 5.17. The maximum absolute atomic E-state index is 13.1. The third-order valence-corrected chi connectivity index (χ3v) is 21.0. The van der Waals surface area contributed by atoms with Gasteiger partial charge in [0.1, 0.15) is 19.3 Å². The van der Waals surface area contributed by atoms with Crippen LogP contribution < -0.4 is 0 Å². The Morgan fingerprint density at radius 2 is 0.515 bits per heavy atom. The standard InChI is InChI=1S/C80H156O17P2/c1-7-10-12-14-16-18-39-46-52-58-64-79(84)96-75(68-90-77(82)62-56-50-44-36-17-15-13-11-8-2)70-94-98(86,87)92-66-74(81)67-93-99(88,89)95-71-76(69-91-78(83)63-57-51-45-40-34-30-27-23-24-28-32-37-42-48-54-60-72(4)5)97-80(85)65-59-53-47-41-35-31-26-22-20-19-21-25-29-33-38-43-49-55-61-73(6)9-3/h72-76,81H,7-71H2,1-6H3,(H,86,87)(H,88,89)/t73?,74-,75+,76+/m0/s1. The molecule has 0 aliphatic rings. The lowest BCUT2D eigenvalue weighted by Gasteiger charge is -2.21. The van der Waals surface area contributed by atoms with Gasteiger partial charge in [-0.2, -0.15) is 0 Å². The van der Waals surface area contributed by atoms with Crippen molar-refractivity contribution in [1.82, 2.24) is 0 Å². The van der Waals surface area contributed by atoms with Crippen molar-refractivity contribution in [2.75, 3.05) is 39.6 Å². The number of esters is 4. The Hall–Kier alpha value is -1.94. The summed E-state index contributed by atoms with van der Waals surface area (Å²) in [7, 11) is -9.91. The molecule has 17 nitrogen and oxygen atoms in total. The predicted octanol–water partition coefficient (Wildman–Crippen LogP) is 23.9. The van der Waals surface area contributed by atoms with Gasteiger partial charge in [-0.25, -0.2) is 9.13 Å². The van der Waals surface area contributed by atoms with Crippen molar-refractivity contribution in [2.24, 2.45) is 11.8 Å². The van der Waals surface area contributed by atoms with Gasteiger partial charge in [0.05, 0.1) is 26.4 Å². The summed E-state index contributed by atoms with van der Waals surface area (Å²) in [6.07, 6.45) is 61.1. The van der Waals surface area contributed by atoms with E-state index < -0.39 is 97.5 Å². The first-order chi connectivity index (χ1) is 47.9. The van der Waals surface area contributed by atoms with Crippen molar-refractivity contribution in [3.63, 3.8) is 0 Å². The van der Waals surface area contributed by atoms with E-state index in [2.05, 4.69) is 41.5 Å². The highest BCUT2D eigenvalue weighted by atomic mass is 31.2. The zero-order valence-corrected chi connectivity index (χ0v) is 66.6. The van der Waals surface area contributed by atoms with E-state index in [0.717, 1.165) is 102 Å². The normalized spacial score (nSPS) is 14.2. The Morgan fingerprint density at radius 1 is 0.293 bits per heavy atom. The van der Waals surface area contributed by atoms with Crippen LogP contribution >= 0.6 is 15.6 Å². The molecule has 0 aromatic carbocycles. The molecule has 0 aliphatic carbocycles. The molecule has 0 spiro atoms. The summed E-state index contributed by atoms with van der Waals surface area (Å²) in [5, 5.41) is 10.6. The first-order valence-electron chi connectivity index (χ1n) is 41.5. The molecule has 99 heavy (non-hydrogen) atoms. The number of ether oxygens (including phenoxy) is 4. The molecule has 0 saturated heterocycles. The van der Waals surface area contributed by atoms with Gasteiger partial charge in [0.25, 0.3) is 0 Å². The van der Waals surface area contributed by atoms with Crippen LogP contribution in [0.15, 0.2) is 0 Å². The quantitative estimate of drug-likeness (QED) is 0.0222. The zero-order valence-electron chi connectivity index (χ0n) is 64.8. The lowest BCUT2D eigenvalue weighted by Crippen LogP contribution is -2.30. The van der Waals surface area contributed by atoms with Crippen molar-refractivity contribution < 1.29 is 80.2 Å². The maximum Gasteiger partial charge on any atom is 0.472 e. The molecule has 0 aromatic rings. The van der Waals surface area contributed by atoms with Crippen molar-refractivity contribution >= 4 is 39.5 Å². The molecule has 0 bridgehead atoms. The van der Waals surface area contributed by atoms with Gasteiger partial charge in [-0.3, -0.25) is 37.3 Å². The van der Waals surface area contributed by atoms with E-state index in [1.807, 2.05) is 0 Å². The molecule has 3 unspecified atom stereocenters. The molecule has 0 saturated carbocycles. The summed E-state index contributed by atoms with van der Waals surface area (Å²) in [5.41, 5.74) is 0. The number of aliphatic hydroxyl groups excluding tert-OH is 1. The minimum atomic E-state index is -4.96. The summed E-state index contributed by atoms with van der Waals surface area (Å²) >= 11 is 0. The second-order valence-corrected chi connectivity index (χ2v) is 32.4. The topological polar surface area (TPSA) is 237 Å². The number of hydrogen-bond acceptors (Lipinski definition) is 15. The lowest BCUT2D eigenvalue weighted by atomic mass is 9.99. The fourth-order valence-electron chi connectivity index (χ4n) is 12.3. The highest BCUT2D eigenvalue weighted by molar-refractivity contribution is 7.47. The molecule has 0 heterocycles. The van der Waals surface area contributed by atoms with Gasteiger partial charge in [-0.15, -0.1) is 0 Å². The molecule has 0 aromatic heterocycles. The highest BCUT2D eigenvalue weighted by Crippen LogP contribution is 2.45. The third-order valence-electron chi connectivity index (χ3n) is 19.1. The number of aliphatic hydroxyl groups is 1. The molecular formula is C80H156O17P2. The lowest BCUT2D eigenvalue weighted by molar-refractivity contribution is -0.161. The van der Waals surface area contributed by atoms with E-state index in [1.54, 1.807) is 0 Å². The van der Waals surface area contributed by atoms with Crippen LogP contribution in [0.5, 0.6) is 0 Å². The summed E-state index contributed by atoms with van der Waals surface area (Å²) in [5.74, 6) is -0.435. The van der Waals surface area contributed by atoms with Gasteiger partial charge in [0.15, 0.2) is 12.2 Å². The van der Waals surface area contributed by atoms with Gasteiger partial charge in [0, 0.05) is 25.7 Å². The summed E-state index contributed by atoms with van der Waals surface area (Å²) in [6.45, 7) is 9.69. The van der Waals surface area contributed by atoms with Crippen LogP contribution in [0.4, 0.5) is 0 Å². The average Bonchev–Trinajstić information content (AvgIpc) is 1.01. The molecule has 19 heteroatoms. The molecule has 0 rings (SSSR count). The highest BCUT2D eigenvalue weighted by Gasteiger charge is 2.30. The largest absolute Gasteiger partial charge is 0.472 e. The van der Waals surface area contributed by atoms with Gasteiger partial charge < -0.3 is 33.8 Å². The number of carbonyl (C=O) groups is 4. The summed E-state index contributed by atoms with van der Waals surface area (Å²) < 4.78 is 68.6. The Labute approximate surface area is 607 Å². The molecule has 0 amide bonds. The molecule has 0 fully saturated rings. The van der Waals surface area contributed by atoms with Gasteiger partial charge in [0.2, 0.25) is 0 Å². The minimum Gasteiger partial charge on any atom is -0.462 e. The van der Waals surface area contributed by atoms with E-state index in [1.165, 1.54) is 238 Å². The van der Waals surface area contributed by atoms with Crippen molar-refractivity contribution in [3.05, 3.63) is 0 Å². The Morgan fingerprint density at radius 3 is 0.768 bits per heavy atom. The smallest absolute Gasteiger partial charge is 0.462 e. The number of unbranched alkanes of at least 4 members (excludes halogenated alkanes) is 48. The number of hydrogen-bond donors (Lipinski definition) is 3. The third kappa shape index (κ3) is 72.8. The van der Waals surface area contributed by atoms with Crippen LogP contribution in [0.25, 0.3) is 0 Å². The molecule has 0 radical (unpaired) electrons. The van der Waals surface area contributed by atoms with E-state index in [0.29, 0.717) is 25.7 Å². The Kier molecular flexibility index (Phi) is 70.3. The van der Waals surface area contributed by atoms with Crippen LogP contribution in [-0.4, -0.2) is 96.7 Å². The van der Waals surface area contributed by atoms with Crippen molar-refractivity contribution in [3.8, 4) is 0 Å². The zero-order chi connectivity index (χ0) is 72.8. The molecule has 0 aliphatic heterocycles. The Bertz CT molecular complexity index is 1910. The van der Waals surface area contributed by atoms with Crippen LogP contribution in [-0.2, 0) is 65.4 Å². The number of rotatable bonds is 79. The minimum absolute atomic E-state index is 0.107. The second-order valence-electron chi connectivity index (χ2n) is 29.5. The second kappa shape index (κ2) is 71.7. The average molecular weight is 1450 g/mol. The van der Waals surface area contributed by atoms with E-state index >= 15 is 0 Å². The van der Waals surface area contributed by atoms with Crippen LogP contribution in [0.1, 0.15) is 420 Å². The van der Waals surface area contributed by atoms with Crippen LogP contribution in [0, 0.1) is 11.8 Å². The van der Waals surface area contributed by atoms with E-state index in [-0.39, 0.29) is 25.7 Å². The SMILES string of the molecule is CCCCCCCCCCCCC(=O)O[C@H](COC(=O)CCCCCCCCCCC)COP(=O)(O)OC[C@H](O)COP(=O)(O)OC[C@@H](COC(=O)CCCCCCCCCCCCCCCCCC(C)C)OC(=O)CCCCCCCCCCCCCCCCCCCCC(C)CC. The van der Waals surface area contributed by atoms with E-state index in [4.69, 9.17) is 37.0 Å². The van der Waals surface area contributed by atoms with Crippen LogP contribution in [0.3, 0.4) is 0 Å². The number of phosphoric acid groups is 2. The van der Waals surface area contributed by atoms with Crippen molar-refractivity contribution in [2.45, 2.75) is 439 Å². The fraction of sp³-hybridized carbons (Fsp3) is 0.950. The van der Waals surface area contributed by atoms with Gasteiger partial charge in [-0.1, -0.05) is 369 Å².